The van der Waals surface area contributed by atoms with E-state index in [-0.39, 0.29) is 12.3 Å². The van der Waals surface area contributed by atoms with Crippen LogP contribution >= 0.6 is 11.8 Å². The van der Waals surface area contributed by atoms with Crippen LogP contribution in [0.3, 0.4) is 0 Å². The molecular formula is C63H41BN2OS. The summed E-state index contributed by atoms with van der Waals surface area (Å²) in [7, 11) is 0. The van der Waals surface area contributed by atoms with Crippen LogP contribution in [0.15, 0.2) is 227 Å². The lowest BCUT2D eigenvalue weighted by molar-refractivity contribution is 0.607. The van der Waals surface area contributed by atoms with E-state index in [1.165, 1.54) is 104 Å². The number of para-hydroxylation sites is 1. The number of hydrogen-bond donors (Lipinski definition) is 0. The molecule has 5 heterocycles. The second-order valence-corrected chi connectivity index (χ2v) is 20.3. The SMILES string of the molecule is CC1(C)c2ccccc2Sc2cc3c(cc21)N(c1ccc(-c2ccccc2)cc1)B1c2c-3cc3c(oc4ccccc43)c2-n2c3ccc(-c4ccccc4)cc3c3cc(-c4ccccc4)cc1c32. The molecule has 0 amide bonds. The highest BCUT2D eigenvalue weighted by Crippen LogP contribution is 2.55. The van der Waals surface area contributed by atoms with Crippen molar-refractivity contribution in [3.8, 4) is 50.2 Å². The van der Waals surface area contributed by atoms with Gasteiger partial charge >= 0.3 is 6.85 Å². The second kappa shape index (κ2) is 14.0. The third-order valence-corrected chi connectivity index (χ3v) is 16.3. The molecular weight excluding hydrogens is 844 g/mol. The minimum absolute atomic E-state index is 0.200. The Morgan fingerprint density at radius 1 is 0.471 bits per heavy atom. The summed E-state index contributed by atoms with van der Waals surface area (Å²) in [6, 6.07) is 78.9. The van der Waals surface area contributed by atoms with Gasteiger partial charge in [0.25, 0.3) is 0 Å². The Morgan fingerprint density at radius 3 is 1.87 bits per heavy atom. The lowest BCUT2D eigenvalue weighted by Gasteiger charge is -2.44. The molecule has 10 aromatic carbocycles. The number of furan rings is 1. The Labute approximate surface area is 399 Å². The first-order valence-electron chi connectivity index (χ1n) is 23.6. The number of benzene rings is 10. The molecule has 0 atom stereocenters. The maximum atomic E-state index is 7.18. The van der Waals surface area contributed by atoms with E-state index in [1.807, 2.05) is 11.8 Å². The van der Waals surface area contributed by atoms with Crippen LogP contribution in [-0.2, 0) is 5.41 Å². The minimum Gasteiger partial charge on any atom is -0.454 e. The third kappa shape index (κ3) is 5.28. The van der Waals surface area contributed by atoms with E-state index in [2.05, 4.69) is 236 Å². The minimum atomic E-state index is -0.221. The lowest BCUT2D eigenvalue weighted by Crippen LogP contribution is -2.60. The predicted octanol–water partition coefficient (Wildman–Crippen LogP) is 15.7. The van der Waals surface area contributed by atoms with Crippen molar-refractivity contribution < 1.29 is 4.42 Å². The van der Waals surface area contributed by atoms with Crippen molar-refractivity contribution in [2.75, 3.05) is 4.81 Å². The van der Waals surface area contributed by atoms with E-state index in [4.69, 9.17) is 4.42 Å². The molecule has 0 N–H and O–H groups in total. The van der Waals surface area contributed by atoms with Gasteiger partial charge in [-0.1, -0.05) is 177 Å². The smallest absolute Gasteiger partial charge is 0.333 e. The van der Waals surface area contributed by atoms with E-state index in [0.29, 0.717) is 0 Å². The van der Waals surface area contributed by atoms with Crippen LogP contribution in [-0.4, -0.2) is 11.4 Å². The summed E-state index contributed by atoms with van der Waals surface area (Å²) < 4.78 is 9.75. The normalized spacial score (nSPS) is 14.0. The molecule has 5 heteroatoms. The summed E-state index contributed by atoms with van der Waals surface area (Å²) in [5.41, 5.74) is 22.4. The van der Waals surface area contributed by atoms with Crippen molar-refractivity contribution >= 4 is 84.7 Å². The molecule has 3 aliphatic rings. The average molecular weight is 885 g/mol. The van der Waals surface area contributed by atoms with Crippen molar-refractivity contribution in [1.29, 1.82) is 0 Å². The van der Waals surface area contributed by atoms with E-state index >= 15 is 0 Å². The van der Waals surface area contributed by atoms with Gasteiger partial charge < -0.3 is 13.8 Å². The molecule has 2 aromatic heterocycles. The number of rotatable bonds is 4. The molecule has 318 valence electrons. The standard InChI is InChI=1S/C63H41BN2OS/c1-63(2)51-23-13-15-25-57(51)68-58-36-47-48-35-50-45-22-12-14-24-56(45)67-62(50)61-59(48)64(66(55(47)37-52(58)63)44-29-26-41(27-30-44)38-16-6-3-7-17-38)53-34-43(40-20-10-5-11-21-40)33-49-46-32-42(39-18-8-4-9-19-39)28-31-54(46)65(61)60(49)53/h3-37H,1-2H3. The molecule has 3 nitrogen and oxygen atoms in total. The molecule has 0 saturated heterocycles. The molecule has 68 heavy (non-hydrogen) atoms. The number of aromatic nitrogens is 1. The van der Waals surface area contributed by atoms with Crippen LogP contribution in [0.2, 0.25) is 0 Å². The van der Waals surface area contributed by atoms with Gasteiger partial charge in [-0.05, 0) is 122 Å². The molecule has 0 bridgehead atoms. The van der Waals surface area contributed by atoms with Gasteiger partial charge in [-0.25, -0.2) is 0 Å². The summed E-state index contributed by atoms with van der Waals surface area (Å²) in [6.07, 6.45) is 0. The zero-order valence-corrected chi connectivity index (χ0v) is 38.3. The Bertz CT molecular complexity index is 4080. The number of hydrogen-bond acceptors (Lipinski definition) is 3. The highest BCUT2D eigenvalue weighted by atomic mass is 32.2. The molecule has 0 spiro atoms. The van der Waals surface area contributed by atoms with Crippen LogP contribution in [0.25, 0.3) is 93.9 Å². The summed E-state index contributed by atoms with van der Waals surface area (Å²) >= 11 is 1.91. The first-order valence-corrected chi connectivity index (χ1v) is 24.4. The van der Waals surface area contributed by atoms with Gasteiger partial charge in [0.2, 0.25) is 0 Å². The van der Waals surface area contributed by atoms with Gasteiger partial charge in [0.05, 0.1) is 16.7 Å². The summed E-state index contributed by atoms with van der Waals surface area (Å²) in [5.74, 6) is 0. The molecule has 15 rings (SSSR count). The fourth-order valence-corrected chi connectivity index (χ4v) is 13.4. The van der Waals surface area contributed by atoms with E-state index < -0.39 is 0 Å². The van der Waals surface area contributed by atoms with Gasteiger partial charge in [-0.2, -0.15) is 0 Å². The predicted molar refractivity (Wildman–Crippen MR) is 286 cm³/mol. The molecule has 0 fully saturated rings. The lowest BCUT2D eigenvalue weighted by atomic mass is 9.43. The monoisotopic (exact) mass is 884 g/mol. The van der Waals surface area contributed by atoms with Crippen molar-refractivity contribution in [1.82, 2.24) is 4.57 Å². The fourth-order valence-electron chi connectivity index (χ4n) is 12.0. The van der Waals surface area contributed by atoms with Gasteiger partial charge in [0.1, 0.15) is 5.58 Å². The Balaban J connectivity index is 1.11. The third-order valence-electron chi connectivity index (χ3n) is 15.2. The van der Waals surface area contributed by atoms with Gasteiger partial charge in [0.15, 0.2) is 5.58 Å². The van der Waals surface area contributed by atoms with Gasteiger partial charge in [-0.3, -0.25) is 0 Å². The topological polar surface area (TPSA) is 21.3 Å². The number of anilines is 2. The van der Waals surface area contributed by atoms with Gasteiger partial charge in [-0.15, -0.1) is 0 Å². The molecule has 0 aliphatic carbocycles. The molecule has 0 radical (unpaired) electrons. The zero-order chi connectivity index (χ0) is 44.8. The van der Waals surface area contributed by atoms with Crippen LogP contribution in [0.5, 0.6) is 0 Å². The maximum Gasteiger partial charge on any atom is 0.333 e. The maximum absolute atomic E-state index is 7.18. The second-order valence-electron chi connectivity index (χ2n) is 19.2. The molecule has 0 saturated carbocycles. The zero-order valence-electron chi connectivity index (χ0n) is 37.5. The van der Waals surface area contributed by atoms with E-state index in [1.54, 1.807) is 0 Å². The average Bonchev–Trinajstić information content (AvgIpc) is 3.93. The number of nitrogens with zero attached hydrogens (tertiary/aromatic N) is 2. The Morgan fingerprint density at radius 2 is 1.10 bits per heavy atom. The van der Waals surface area contributed by atoms with Crippen molar-refractivity contribution in [2.45, 2.75) is 29.1 Å². The summed E-state index contributed by atoms with van der Waals surface area (Å²) in [4.78, 5) is 5.30. The molecule has 3 aliphatic heterocycles. The Kier molecular flexibility index (Phi) is 7.87. The van der Waals surface area contributed by atoms with Crippen LogP contribution < -0.4 is 15.7 Å². The summed E-state index contributed by atoms with van der Waals surface area (Å²) in [5, 5.41) is 4.73. The Hall–Kier alpha value is -7.99. The van der Waals surface area contributed by atoms with Crippen LogP contribution in [0.4, 0.5) is 11.4 Å². The first kappa shape index (κ1) is 38.2. The molecule has 12 aromatic rings. The van der Waals surface area contributed by atoms with Crippen molar-refractivity contribution in [2.24, 2.45) is 0 Å². The van der Waals surface area contributed by atoms with E-state index in [0.717, 1.165) is 33.3 Å². The van der Waals surface area contributed by atoms with Crippen LogP contribution in [0, 0.1) is 0 Å². The highest BCUT2D eigenvalue weighted by molar-refractivity contribution is 7.99. The van der Waals surface area contributed by atoms with Gasteiger partial charge in [0, 0.05) is 53.7 Å². The number of fused-ring (bicyclic) bond motifs is 13. The van der Waals surface area contributed by atoms with Crippen molar-refractivity contribution in [3.63, 3.8) is 0 Å². The summed E-state index contributed by atoms with van der Waals surface area (Å²) in [6.45, 7) is 4.61. The van der Waals surface area contributed by atoms with E-state index in [9.17, 15) is 0 Å². The van der Waals surface area contributed by atoms with Crippen LogP contribution in [0.1, 0.15) is 25.0 Å². The highest BCUT2D eigenvalue weighted by Gasteiger charge is 2.47. The first-order chi connectivity index (χ1) is 33.5. The molecule has 0 unspecified atom stereocenters. The largest absolute Gasteiger partial charge is 0.454 e. The van der Waals surface area contributed by atoms with Crippen molar-refractivity contribution in [3.05, 3.63) is 223 Å². The quantitative estimate of drug-likeness (QED) is 0.164. The fraction of sp³-hybridized carbons (Fsp3) is 0.0476.